The summed E-state index contributed by atoms with van der Waals surface area (Å²) in [5.74, 6) is 0.379. The maximum absolute atomic E-state index is 11.7. The maximum Gasteiger partial charge on any atom is 0.240 e. The fourth-order valence-electron chi connectivity index (χ4n) is 1.69. The second kappa shape index (κ2) is 7.27. The molecule has 1 heterocycles. The second-order valence-corrected chi connectivity index (χ2v) is 7.26. The van der Waals surface area contributed by atoms with Crippen LogP contribution < -0.4 is 10.1 Å². The van der Waals surface area contributed by atoms with Gasteiger partial charge in [0.05, 0.1) is 20.7 Å². The normalized spacial score (nSPS) is 12.3. The minimum Gasteiger partial charge on any atom is -0.260 e. The summed E-state index contributed by atoms with van der Waals surface area (Å²) in [5, 5.41) is 4.96. The highest BCUT2D eigenvalue weighted by Crippen LogP contribution is 2.22. The van der Waals surface area contributed by atoms with Gasteiger partial charge in [-0.2, -0.15) is 5.10 Å². The van der Waals surface area contributed by atoms with Crippen molar-refractivity contribution in [3.63, 3.8) is 0 Å². The molecule has 0 bridgehead atoms. The van der Waals surface area contributed by atoms with Crippen molar-refractivity contribution in [1.82, 2.24) is 9.71 Å². The van der Waals surface area contributed by atoms with Gasteiger partial charge in [-0.15, -0.1) is 0 Å². The predicted octanol–water partition coefficient (Wildman–Crippen LogP) is 3.13. The van der Waals surface area contributed by atoms with E-state index in [-0.39, 0.29) is 4.90 Å². The van der Waals surface area contributed by atoms with E-state index < -0.39 is 10.0 Å². The Morgan fingerprint density at radius 1 is 1.22 bits per heavy atom. The van der Waals surface area contributed by atoms with Gasteiger partial charge < -0.3 is 0 Å². The molecule has 1 aromatic heterocycles. The monoisotopic (exact) mass is 372 g/mol. The number of hydrogen-bond donors (Lipinski definition) is 2. The van der Waals surface area contributed by atoms with E-state index in [2.05, 4.69) is 20.2 Å². The molecule has 0 unspecified atom stereocenters. The molecule has 23 heavy (non-hydrogen) atoms. The van der Waals surface area contributed by atoms with Crippen molar-refractivity contribution in [1.29, 1.82) is 0 Å². The number of hydrogen-bond acceptors (Lipinski definition) is 5. The van der Waals surface area contributed by atoms with E-state index in [1.54, 1.807) is 25.1 Å². The lowest BCUT2D eigenvalue weighted by molar-refractivity contribution is 0.588. The highest BCUT2D eigenvalue weighted by molar-refractivity contribution is 7.89. The summed E-state index contributed by atoms with van der Waals surface area (Å²) in [6.45, 7) is 1.78. The Bertz CT molecular complexity index is 836. The maximum atomic E-state index is 11.7. The van der Waals surface area contributed by atoms with Gasteiger partial charge in [0.15, 0.2) is 5.82 Å². The molecule has 1 aromatic carbocycles. The molecule has 0 spiro atoms. The molecule has 122 valence electrons. The fourth-order valence-corrected chi connectivity index (χ4v) is 2.84. The molecule has 0 amide bonds. The Morgan fingerprint density at radius 3 is 2.43 bits per heavy atom. The number of nitrogens with zero attached hydrogens (tertiary/aromatic N) is 2. The second-order valence-electron chi connectivity index (χ2n) is 4.52. The number of anilines is 1. The highest BCUT2D eigenvalue weighted by Gasteiger charge is 2.11. The van der Waals surface area contributed by atoms with E-state index in [1.165, 1.54) is 25.4 Å². The number of hydrazone groups is 1. The first-order valence-electron chi connectivity index (χ1n) is 6.49. The first-order chi connectivity index (χ1) is 10.8. The molecule has 0 aliphatic rings. The van der Waals surface area contributed by atoms with E-state index >= 15 is 0 Å². The molecule has 0 fully saturated rings. The standard InChI is InChI=1S/C14H14Cl2N4O2S/c1-9(19-20-14-13(16)7-11(15)8-18-14)10-3-5-12(6-4-10)23(21,22)17-2/h3-8,17H,1-2H3,(H,18,20)/b19-9-. The lowest BCUT2D eigenvalue weighted by Crippen LogP contribution is -2.18. The largest absolute Gasteiger partial charge is 0.260 e. The van der Waals surface area contributed by atoms with Crippen molar-refractivity contribution in [2.75, 3.05) is 12.5 Å². The molecule has 2 N–H and O–H groups in total. The number of rotatable bonds is 5. The van der Waals surface area contributed by atoms with Gasteiger partial charge >= 0.3 is 0 Å². The van der Waals surface area contributed by atoms with Crippen molar-refractivity contribution in [2.24, 2.45) is 5.10 Å². The van der Waals surface area contributed by atoms with Crippen molar-refractivity contribution >= 4 is 44.8 Å². The quantitative estimate of drug-likeness (QED) is 0.623. The first-order valence-corrected chi connectivity index (χ1v) is 8.73. The smallest absolute Gasteiger partial charge is 0.240 e. The Balaban J connectivity index is 2.18. The summed E-state index contributed by atoms with van der Waals surface area (Å²) < 4.78 is 25.6. The molecule has 0 radical (unpaired) electrons. The predicted molar refractivity (Wildman–Crippen MR) is 92.8 cm³/mol. The molecule has 0 saturated carbocycles. The Labute approximate surface area is 144 Å². The van der Waals surface area contributed by atoms with Crippen molar-refractivity contribution in [2.45, 2.75) is 11.8 Å². The zero-order valence-corrected chi connectivity index (χ0v) is 14.7. The molecule has 0 aliphatic carbocycles. The SMILES string of the molecule is CNS(=O)(=O)c1ccc(/C(C)=N\Nc2ncc(Cl)cc2Cl)cc1. The van der Waals surface area contributed by atoms with Gasteiger partial charge in [-0.1, -0.05) is 35.3 Å². The van der Waals surface area contributed by atoms with Crippen LogP contribution in [0.2, 0.25) is 10.0 Å². The number of sulfonamides is 1. The van der Waals surface area contributed by atoms with E-state index in [0.29, 0.717) is 21.6 Å². The van der Waals surface area contributed by atoms with E-state index in [9.17, 15) is 8.42 Å². The van der Waals surface area contributed by atoms with Crippen LogP contribution in [0.3, 0.4) is 0 Å². The average Bonchev–Trinajstić information content (AvgIpc) is 2.54. The lowest BCUT2D eigenvalue weighted by Gasteiger charge is -2.06. The van der Waals surface area contributed by atoms with Crippen LogP contribution in [-0.4, -0.2) is 26.2 Å². The molecule has 6 nitrogen and oxygen atoms in total. The van der Waals surface area contributed by atoms with Crippen LogP contribution in [0.15, 0.2) is 46.5 Å². The van der Waals surface area contributed by atoms with Crippen LogP contribution in [0.5, 0.6) is 0 Å². The van der Waals surface area contributed by atoms with E-state index in [4.69, 9.17) is 23.2 Å². The van der Waals surface area contributed by atoms with Gasteiger partial charge in [-0.25, -0.2) is 18.1 Å². The number of aromatic nitrogens is 1. The Morgan fingerprint density at radius 2 is 1.87 bits per heavy atom. The summed E-state index contributed by atoms with van der Waals surface area (Å²) in [6, 6.07) is 7.91. The molecule has 0 aliphatic heterocycles. The van der Waals surface area contributed by atoms with Crippen LogP contribution in [0.1, 0.15) is 12.5 Å². The molecular formula is C14H14Cl2N4O2S. The zero-order chi connectivity index (χ0) is 17.0. The third-order valence-corrected chi connectivity index (χ3v) is 4.91. The molecule has 0 saturated heterocycles. The van der Waals surface area contributed by atoms with Crippen LogP contribution in [0.25, 0.3) is 0 Å². The average molecular weight is 373 g/mol. The number of halogens is 2. The van der Waals surface area contributed by atoms with Crippen molar-refractivity contribution in [3.05, 3.63) is 52.1 Å². The summed E-state index contributed by atoms with van der Waals surface area (Å²) >= 11 is 11.8. The summed E-state index contributed by atoms with van der Waals surface area (Å²) in [7, 11) is -2.09. The molecular weight excluding hydrogens is 359 g/mol. The van der Waals surface area contributed by atoms with Gasteiger partial charge in [-0.3, -0.25) is 5.43 Å². The molecule has 2 rings (SSSR count). The van der Waals surface area contributed by atoms with Gasteiger partial charge in [0.1, 0.15) is 0 Å². The van der Waals surface area contributed by atoms with E-state index in [1.807, 2.05) is 0 Å². The van der Waals surface area contributed by atoms with Crippen LogP contribution in [0.4, 0.5) is 5.82 Å². The third-order valence-electron chi connectivity index (χ3n) is 2.99. The minimum absolute atomic E-state index is 0.187. The fraction of sp³-hybridized carbons (Fsp3) is 0.143. The first kappa shape index (κ1) is 17.7. The summed E-state index contributed by atoms with van der Waals surface area (Å²) in [4.78, 5) is 4.22. The summed E-state index contributed by atoms with van der Waals surface area (Å²) in [5.41, 5.74) is 4.16. The third kappa shape index (κ3) is 4.42. The van der Waals surface area contributed by atoms with Crippen LogP contribution >= 0.6 is 23.2 Å². The van der Waals surface area contributed by atoms with Gasteiger partial charge in [0.2, 0.25) is 10.0 Å². The van der Waals surface area contributed by atoms with Gasteiger partial charge in [0.25, 0.3) is 0 Å². The number of nitrogens with one attached hydrogen (secondary N) is 2. The number of pyridine rings is 1. The number of benzene rings is 1. The molecule has 9 heteroatoms. The van der Waals surface area contributed by atoms with Gasteiger partial charge in [0, 0.05) is 6.20 Å². The molecule has 2 aromatic rings. The molecule has 0 atom stereocenters. The van der Waals surface area contributed by atoms with Crippen molar-refractivity contribution < 1.29 is 8.42 Å². The minimum atomic E-state index is -3.45. The van der Waals surface area contributed by atoms with E-state index in [0.717, 1.165) is 5.56 Å². The van der Waals surface area contributed by atoms with Crippen molar-refractivity contribution in [3.8, 4) is 0 Å². The topological polar surface area (TPSA) is 83.5 Å². The van der Waals surface area contributed by atoms with Crippen LogP contribution in [-0.2, 0) is 10.0 Å². The Kier molecular flexibility index (Phi) is 5.59. The van der Waals surface area contributed by atoms with Crippen LogP contribution in [0, 0.1) is 0 Å². The van der Waals surface area contributed by atoms with Gasteiger partial charge in [-0.05, 0) is 37.7 Å². The Hall–Kier alpha value is -1.67. The lowest BCUT2D eigenvalue weighted by atomic mass is 10.1. The highest BCUT2D eigenvalue weighted by atomic mass is 35.5. The zero-order valence-electron chi connectivity index (χ0n) is 12.3. The summed E-state index contributed by atoms with van der Waals surface area (Å²) in [6.07, 6.45) is 1.46.